The van der Waals surface area contributed by atoms with Crippen LogP contribution in [0.3, 0.4) is 0 Å². The molecule has 0 spiro atoms. The molecular weight excluding hydrogens is 296 g/mol. The summed E-state index contributed by atoms with van der Waals surface area (Å²) in [6.45, 7) is 0. The van der Waals surface area contributed by atoms with Gasteiger partial charge in [-0.05, 0) is 23.6 Å². The zero-order valence-electron chi connectivity index (χ0n) is 12.1. The highest BCUT2D eigenvalue weighted by molar-refractivity contribution is 5.85. The van der Waals surface area contributed by atoms with Crippen molar-refractivity contribution >= 4 is 22.6 Å². The van der Waals surface area contributed by atoms with Crippen molar-refractivity contribution in [3.05, 3.63) is 76.0 Å². The zero-order chi connectivity index (χ0) is 16.4. The summed E-state index contributed by atoms with van der Waals surface area (Å²) in [7, 11) is 0. The van der Waals surface area contributed by atoms with Gasteiger partial charge in [-0.25, -0.2) is 0 Å². The third-order valence-electron chi connectivity index (χ3n) is 3.85. The van der Waals surface area contributed by atoms with E-state index in [0.29, 0.717) is 5.56 Å². The van der Waals surface area contributed by atoms with E-state index in [1.54, 1.807) is 18.3 Å². The Bertz CT molecular complexity index is 885. The molecule has 0 bridgehead atoms. The number of carbonyl (C=O) groups is 1. The van der Waals surface area contributed by atoms with Gasteiger partial charge in [0.15, 0.2) is 0 Å². The van der Waals surface area contributed by atoms with Crippen molar-refractivity contribution in [1.29, 1.82) is 0 Å². The van der Waals surface area contributed by atoms with E-state index in [2.05, 4.69) is 4.98 Å². The third kappa shape index (κ3) is 2.91. The standard InChI is InChI=1S/C17H14N2O4/c20-17(21)9-14(11-4-3-5-12(8-11)19(22)23)15-10-18-16-7-2-1-6-13(15)16/h1-8,10,14,18H,9H2,(H,20,21)/p-1/t14-/m0/s1. The van der Waals surface area contributed by atoms with Crippen LogP contribution in [0.1, 0.15) is 23.5 Å². The van der Waals surface area contributed by atoms with Crippen LogP contribution >= 0.6 is 0 Å². The van der Waals surface area contributed by atoms with Crippen LogP contribution in [-0.4, -0.2) is 15.9 Å². The Balaban J connectivity index is 2.13. The second kappa shape index (κ2) is 5.92. The molecule has 0 aliphatic rings. The van der Waals surface area contributed by atoms with Crippen LogP contribution in [0.5, 0.6) is 0 Å². The van der Waals surface area contributed by atoms with Gasteiger partial charge in [0.1, 0.15) is 0 Å². The Labute approximate surface area is 131 Å². The highest BCUT2D eigenvalue weighted by atomic mass is 16.6. The first-order valence-corrected chi connectivity index (χ1v) is 7.06. The average molecular weight is 309 g/mol. The molecule has 116 valence electrons. The number of rotatable bonds is 5. The summed E-state index contributed by atoms with van der Waals surface area (Å²) in [5, 5.41) is 23.0. The minimum atomic E-state index is -1.20. The number of aromatic amines is 1. The summed E-state index contributed by atoms with van der Waals surface area (Å²) in [4.78, 5) is 24.8. The fraction of sp³-hybridized carbons (Fsp3) is 0.118. The number of nitro benzene ring substituents is 1. The number of fused-ring (bicyclic) bond motifs is 1. The number of carboxylic acids is 1. The maximum atomic E-state index is 11.2. The second-order valence-electron chi connectivity index (χ2n) is 5.27. The Morgan fingerprint density at radius 2 is 1.96 bits per heavy atom. The Hall–Kier alpha value is -3.15. The number of aromatic nitrogens is 1. The Morgan fingerprint density at radius 3 is 2.70 bits per heavy atom. The van der Waals surface area contributed by atoms with Crippen molar-refractivity contribution in [2.24, 2.45) is 0 Å². The van der Waals surface area contributed by atoms with E-state index in [1.165, 1.54) is 12.1 Å². The molecule has 6 nitrogen and oxygen atoms in total. The highest BCUT2D eigenvalue weighted by Crippen LogP contribution is 2.34. The van der Waals surface area contributed by atoms with Gasteiger partial charge in [-0.3, -0.25) is 10.1 Å². The number of carboxylic acid groups (broad SMARTS) is 1. The molecule has 1 atom stereocenters. The second-order valence-corrected chi connectivity index (χ2v) is 5.27. The number of aliphatic carboxylic acids is 1. The molecular formula is C17H13N2O4-. The first-order valence-electron chi connectivity index (χ1n) is 7.06. The van der Waals surface area contributed by atoms with E-state index in [1.807, 2.05) is 24.3 Å². The summed E-state index contributed by atoms with van der Waals surface area (Å²) in [6.07, 6.45) is 1.50. The lowest BCUT2D eigenvalue weighted by Gasteiger charge is -2.17. The smallest absolute Gasteiger partial charge is 0.269 e. The lowest BCUT2D eigenvalue weighted by Crippen LogP contribution is -2.24. The van der Waals surface area contributed by atoms with Gasteiger partial charge in [0.2, 0.25) is 0 Å². The van der Waals surface area contributed by atoms with Crippen LogP contribution in [0.4, 0.5) is 5.69 Å². The number of para-hydroxylation sites is 1. The summed E-state index contributed by atoms with van der Waals surface area (Å²) in [5.41, 5.74) is 2.18. The fourth-order valence-corrected chi connectivity index (χ4v) is 2.81. The number of nitrogens with one attached hydrogen (secondary N) is 1. The summed E-state index contributed by atoms with van der Waals surface area (Å²) >= 11 is 0. The molecule has 6 heteroatoms. The number of nitrogens with zero attached hydrogens (tertiary/aromatic N) is 1. The van der Waals surface area contributed by atoms with Gasteiger partial charge in [-0.15, -0.1) is 0 Å². The van der Waals surface area contributed by atoms with Crippen molar-refractivity contribution in [1.82, 2.24) is 4.98 Å². The topological polar surface area (TPSA) is 99.1 Å². The number of non-ortho nitro benzene ring substituents is 1. The molecule has 23 heavy (non-hydrogen) atoms. The Morgan fingerprint density at radius 1 is 1.17 bits per heavy atom. The number of nitro groups is 1. The van der Waals surface area contributed by atoms with Crippen LogP contribution in [0.15, 0.2) is 54.7 Å². The molecule has 1 heterocycles. The van der Waals surface area contributed by atoms with Gasteiger partial charge in [-0.2, -0.15) is 0 Å². The van der Waals surface area contributed by atoms with E-state index in [0.717, 1.165) is 16.5 Å². The number of carbonyl (C=O) groups excluding carboxylic acids is 1. The van der Waals surface area contributed by atoms with Gasteiger partial charge in [-0.1, -0.05) is 30.3 Å². The van der Waals surface area contributed by atoms with E-state index in [9.17, 15) is 20.0 Å². The molecule has 1 N–H and O–H groups in total. The highest BCUT2D eigenvalue weighted by Gasteiger charge is 2.20. The monoisotopic (exact) mass is 309 g/mol. The van der Waals surface area contributed by atoms with E-state index >= 15 is 0 Å². The predicted molar refractivity (Wildman–Crippen MR) is 82.9 cm³/mol. The predicted octanol–water partition coefficient (Wildman–Crippen LogP) is 2.35. The largest absolute Gasteiger partial charge is 0.550 e. The van der Waals surface area contributed by atoms with Gasteiger partial charge in [0.25, 0.3) is 5.69 Å². The van der Waals surface area contributed by atoms with Crippen LogP contribution in [0.2, 0.25) is 0 Å². The molecule has 0 saturated carbocycles. The molecule has 0 unspecified atom stereocenters. The SMILES string of the molecule is O=C([O-])C[C@@H](c1cccc([N+](=O)[O-])c1)c1c[nH]c2ccccc12. The minimum absolute atomic E-state index is 0.0642. The quantitative estimate of drug-likeness (QED) is 0.577. The van der Waals surface area contributed by atoms with Crippen LogP contribution in [0, 0.1) is 10.1 Å². The van der Waals surface area contributed by atoms with E-state index in [-0.39, 0.29) is 12.1 Å². The van der Waals surface area contributed by atoms with Crippen molar-refractivity contribution in [2.75, 3.05) is 0 Å². The molecule has 0 amide bonds. The molecule has 0 aliphatic carbocycles. The van der Waals surface area contributed by atoms with Gasteiger partial charge in [0, 0.05) is 41.1 Å². The molecule has 3 rings (SSSR count). The maximum absolute atomic E-state index is 11.2. The van der Waals surface area contributed by atoms with Crippen LogP contribution in [-0.2, 0) is 4.79 Å². The third-order valence-corrected chi connectivity index (χ3v) is 3.85. The molecule has 3 aromatic rings. The number of H-pyrrole nitrogens is 1. The zero-order valence-corrected chi connectivity index (χ0v) is 12.1. The van der Waals surface area contributed by atoms with E-state index in [4.69, 9.17) is 0 Å². The molecule has 1 aromatic heterocycles. The Kier molecular flexibility index (Phi) is 3.80. The van der Waals surface area contributed by atoms with Crippen LogP contribution < -0.4 is 5.11 Å². The molecule has 0 aliphatic heterocycles. The van der Waals surface area contributed by atoms with Gasteiger partial charge >= 0.3 is 0 Å². The first kappa shape index (κ1) is 14.8. The van der Waals surface area contributed by atoms with Crippen molar-refractivity contribution in [3.63, 3.8) is 0 Å². The van der Waals surface area contributed by atoms with Crippen LogP contribution in [0.25, 0.3) is 10.9 Å². The van der Waals surface area contributed by atoms with Crippen molar-refractivity contribution in [3.8, 4) is 0 Å². The summed E-state index contributed by atoms with van der Waals surface area (Å²) in [5.74, 6) is -1.72. The summed E-state index contributed by atoms with van der Waals surface area (Å²) < 4.78 is 0. The molecule has 2 aromatic carbocycles. The van der Waals surface area contributed by atoms with Crippen molar-refractivity contribution < 1.29 is 14.8 Å². The number of benzene rings is 2. The maximum Gasteiger partial charge on any atom is 0.269 e. The van der Waals surface area contributed by atoms with E-state index < -0.39 is 16.8 Å². The molecule has 0 saturated heterocycles. The first-order chi connectivity index (χ1) is 11.1. The molecule has 0 fully saturated rings. The number of hydrogen-bond acceptors (Lipinski definition) is 4. The average Bonchev–Trinajstić information content (AvgIpc) is 2.96. The summed E-state index contributed by atoms with van der Waals surface area (Å²) in [6, 6.07) is 13.6. The fourth-order valence-electron chi connectivity index (χ4n) is 2.81. The lowest BCUT2D eigenvalue weighted by molar-refractivity contribution is -0.384. The minimum Gasteiger partial charge on any atom is -0.550 e. The van der Waals surface area contributed by atoms with Gasteiger partial charge in [0.05, 0.1) is 4.92 Å². The van der Waals surface area contributed by atoms with Crippen molar-refractivity contribution in [2.45, 2.75) is 12.3 Å². The molecule has 0 radical (unpaired) electrons. The normalized spacial score (nSPS) is 12.2. The number of hydrogen-bond donors (Lipinski definition) is 1. The van der Waals surface area contributed by atoms with Gasteiger partial charge < -0.3 is 14.9 Å². The lowest BCUT2D eigenvalue weighted by atomic mass is 9.88.